The molecule has 0 atom stereocenters. The third-order valence-corrected chi connectivity index (χ3v) is 11.2. The highest BCUT2D eigenvalue weighted by Gasteiger charge is 2.42. The number of ether oxygens (including phenoxy) is 3. The van der Waals surface area contributed by atoms with Crippen molar-refractivity contribution in [3.05, 3.63) is 0 Å². The summed E-state index contributed by atoms with van der Waals surface area (Å²) >= 11 is 0. The molecule has 0 aromatic heterocycles. The third kappa shape index (κ3) is 18.5. The zero-order chi connectivity index (χ0) is 28.6. The lowest BCUT2D eigenvalue weighted by molar-refractivity contribution is -0.890. The van der Waals surface area contributed by atoms with Gasteiger partial charge in [0.15, 0.2) is 0 Å². The lowest BCUT2D eigenvalue weighted by Gasteiger charge is -2.33. The predicted octanol–water partition coefficient (Wildman–Crippen LogP) is 7.15. The van der Waals surface area contributed by atoms with Crippen molar-refractivity contribution in [2.24, 2.45) is 0 Å². The molecule has 0 aromatic carbocycles. The molecule has 0 radical (unpaired) electrons. The summed E-state index contributed by atoms with van der Waals surface area (Å²) in [5.74, 6) is 0. The van der Waals surface area contributed by atoms with Crippen LogP contribution in [0.5, 0.6) is 0 Å². The van der Waals surface area contributed by atoms with Crippen molar-refractivity contribution in [3.63, 3.8) is 0 Å². The van der Waals surface area contributed by atoms with E-state index in [1.54, 1.807) is 0 Å². The molecular weight excluding hydrogens is 522 g/mol. The van der Waals surface area contributed by atoms with Crippen LogP contribution in [-0.4, -0.2) is 99.4 Å². The first-order chi connectivity index (χ1) is 19.6. The molecule has 0 spiro atoms. The Bertz CT molecular complexity index is 568. The Morgan fingerprint density at radius 1 is 0.525 bits per heavy atom. The highest BCUT2D eigenvalue weighted by molar-refractivity contribution is 6.60. The minimum absolute atomic E-state index is 0.0569. The molecule has 2 fully saturated rings. The Hall–Kier alpha value is -0.0631. The summed E-state index contributed by atoms with van der Waals surface area (Å²) in [6.07, 6.45) is 23.7. The van der Waals surface area contributed by atoms with Gasteiger partial charge in [-0.2, -0.15) is 0 Å². The largest absolute Gasteiger partial charge is 0.501 e. The van der Waals surface area contributed by atoms with E-state index in [-0.39, 0.29) is 6.10 Å². The second-order valence-electron chi connectivity index (χ2n) is 12.7. The first kappa shape index (κ1) is 36.1. The first-order valence-electron chi connectivity index (χ1n) is 17.1. The maximum Gasteiger partial charge on any atom is 0.501 e. The fourth-order valence-electron chi connectivity index (χ4n) is 5.76. The van der Waals surface area contributed by atoms with Crippen molar-refractivity contribution in [2.45, 2.75) is 128 Å². The van der Waals surface area contributed by atoms with Crippen LogP contribution in [-0.2, 0) is 27.5 Å². The summed E-state index contributed by atoms with van der Waals surface area (Å²) in [7, 11) is 1.93. The average molecular weight is 589 g/mol. The molecule has 0 N–H and O–H groups in total. The number of hydrogen-bond acceptors (Lipinski definition) is 6. The van der Waals surface area contributed by atoms with Crippen LogP contribution in [0.15, 0.2) is 0 Å². The van der Waals surface area contributed by atoms with Gasteiger partial charge in [0.2, 0.25) is 0 Å². The number of unbranched alkanes of at least 4 members (excludes halogenated alkanes) is 15. The van der Waals surface area contributed by atoms with E-state index in [0.29, 0.717) is 52.9 Å². The van der Waals surface area contributed by atoms with Crippen LogP contribution in [0.4, 0.5) is 0 Å². The molecule has 2 rings (SSSR count). The van der Waals surface area contributed by atoms with Crippen molar-refractivity contribution < 1.29 is 32.0 Å². The van der Waals surface area contributed by atoms with Crippen LogP contribution in [0.25, 0.3) is 0 Å². The maximum atomic E-state index is 6.30. The zero-order valence-electron chi connectivity index (χ0n) is 26.8. The van der Waals surface area contributed by atoms with E-state index in [1.807, 2.05) is 0 Å². The Labute approximate surface area is 248 Å². The van der Waals surface area contributed by atoms with Crippen molar-refractivity contribution in [1.82, 2.24) is 0 Å². The van der Waals surface area contributed by atoms with Crippen LogP contribution in [0.2, 0.25) is 6.04 Å². The zero-order valence-corrected chi connectivity index (χ0v) is 27.8. The van der Waals surface area contributed by atoms with E-state index >= 15 is 0 Å². The van der Waals surface area contributed by atoms with E-state index < -0.39 is 8.80 Å². The van der Waals surface area contributed by atoms with Crippen LogP contribution in [0.3, 0.4) is 0 Å². The minimum Gasteiger partial charge on any atom is -0.376 e. The quantitative estimate of drug-likeness (QED) is 0.0806. The molecule has 2 aliphatic heterocycles. The average Bonchev–Trinajstić information content (AvgIpc) is 3.00. The summed E-state index contributed by atoms with van der Waals surface area (Å²) in [5.41, 5.74) is 0. The Morgan fingerprint density at radius 2 is 0.950 bits per heavy atom. The van der Waals surface area contributed by atoms with Gasteiger partial charge in [-0.1, -0.05) is 96.8 Å². The van der Waals surface area contributed by atoms with Crippen LogP contribution in [0.1, 0.15) is 116 Å². The molecule has 2 aliphatic rings. The molecule has 0 aliphatic carbocycles. The molecule has 0 saturated carbocycles. The molecule has 2 saturated heterocycles. The fraction of sp³-hybridized carbons (Fsp3) is 1.00. The van der Waals surface area contributed by atoms with Gasteiger partial charge in [-0.05, 0) is 12.8 Å². The van der Waals surface area contributed by atoms with Gasteiger partial charge in [-0.3, -0.25) is 0 Å². The van der Waals surface area contributed by atoms with Gasteiger partial charge in [0.25, 0.3) is 0 Å². The number of quaternary nitrogens is 1. The molecule has 238 valence electrons. The van der Waals surface area contributed by atoms with E-state index in [2.05, 4.69) is 21.0 Å². The molecule has 40 heavy (non-hydrogen) atoms. The summed E-state index contributed by atoms with van der Waals surface area (Å²) in [6, 6.07) is 0.830. The van der Waals surface area contributed by atoms with Gasteiger partial charge in [-0.25, -0.2) is 0 Å². The number of rotatable bonds is 21. The lowest BCUT2D eigenvalue weighted by Crippen LogP contribution is -2.49. The molecule has 0 unspecified atom stereocenters. The van der Waals surface area contributed by atoms with Gasteiger partial charge in [0.1, 0.15) is 6.10 Å². The highest BCUT2D eigenvalue weighted by atomic mass is 28.4. The Kier molecular flexibility index (Phi) is 21.1. The first-order valence-corrected chi connectivity index (χ1v) is 19.0. The monoisotopic (exact) mass is 588 g/mol. The van der Waals surface area contributed by atoms with Gasteiger partial charge in [0, 0.05) is 12.5 Å². The summed E-state index contributed by atoms with van der Waals surface area (Å²) in [4.78, 5) is 0. The summed E-state index contributed by atoms with van der Waals surface area (Å²) in [6.45, 7) is 8.79. The summed E-state index contributed by atoms with van der Waals surface area (Å²) in [5, 5.41) is 0. The molecule has 7 nitrogen and oxygen atoms in total. The Balaban J connectivity index is 1.51. The van der Waals surface area contributed by atoms with Crippen LogP contribution in [0, 0.1) is 0 Å². The van der Waals surface area contributed by atoms with Gasteiger partial charge in [0.05, 0.1) is 80.0 Å². The number of hydrogen-bond donors (Lipinski definition) is 0. The van der Waals surface area contributed by atoms with Crippen molar-refractivity contribution in [3.8, 4) is 0 Å². The standard InChI is InChI=1S/C32H66NO6Si/c1-4-5-6-7-8-9-10-11-12-13-14-15-16-17-18-19-21-33(2,3)22-20-29-40-37-26-23-34-30-32(36-25-28-39-40)31-35-24-27-38-40/h32H,4-31H2,1-3H3/q+1. The number of fused-ring (bicyclic) bond motifs is 5. The molecule has 2 heterocycles. The molecule has 8 heteroatoms. The normalized spacial score (nSPS) is 23.3. The maximum absolute atomic E-state index is 6.30. The highest BCUT2D eigenvalue weighted by Crippen LogP contribution is 2.21. The van der Waals surface area contributed by atoms with E-state index in [9.17, 15) is 0 Å². The van der Waals surface area contributed by atoms with Crippen LogP contribution < -0.4 is 0 Å². The molecule has 0 amide bonds. The second kappa shape index (κ2) is 23.4. The lowest BCUT2D eigenvalue weighted by atomic mass is 10.0. The van der Waals surface area contributed by atoms with E-state index in [0.717, 1.165) is 23.5 Å². The van der Waals surface area contributed by atoms with Gasteiger partial charge in [-0.15, -0.1) is 0 Å². The topological polar surface area (TPSA) is 55.4 Å². The minimum atomic E-state index is -2.79. The number of nitrogens with zero attached hydrogens (tertiary/aromatic N) is 1. The fourth-order valence-corrected chi connectivity index (χ4v) is 8.22. The van der Waals surface area contributed by atoms with Crippen molar-refractivity contribution in [2.75, 3.05) is 80.0 Å². The van der Waals surface area contributed by atoms with Crippen molar-refractivity contribution in [1.29, 1.82) is 0 Å². The predicted molar refractivity (Wildman–Crippen MR) is 166 cm³/mol. The summed E-state index contributed by atoms with van der Waals surface area (Å²) < 4.78 is 37.3. The van der Waals surface area contributed by atoms with E-state index in [4.69, 9.17) is 27.5 Å². The SMILES string of the molecule is CCCCCCCCCCCCCCCCCC[N+](C)(C)CCC[Si]12OCCOCC(COCCO1)OCCO2. The second-order valence-corrected chi connectivity index (χ2v) is 15.4. The van der Waals surface area contributed by atoms with Gasteiger partial charge >= 0.3 is 8.80 Å². The Morgan fingerprint density at radius 3 is 1.45 bits per heavy atom. The van der Waals surface area contributed by atoms with E-state index in [1.165, 1.54) is 109 Å². The smallest absolute Gasteiger partial charge is 0.376 e. The molecule has 2 bridgehead atoms. The third-order valence-electron chi connectivity index (χ3n) is 8.33. The van der Waals surface area contributed by atoms with Gasteiger partial charge < -0.3 is 32.0 Å². The molecular formula is C32H66NO6Si+. The van der Waals surface area contributed by atoms with Crippen LogP contribution >= 0.6 is 0 Å². The van der Waals surface area contributed by atoms with Crippen molar-refractivity contribution >= 4 is 8.80 Å². The molecule has 0 aromatic rings.